The maximum absolute atomic E-state index is 12.0. The van der Waals surface area contributed by atoms with E-state index in [1.54, 1.807) is 24.3 Å². The van der Waals surface area contributed by atoms with Gasteiger partial charge < -0.3 is 10.0 Å². The van der Waals surface area contributed by atoms with Crippen molar-refractivity contribution in [3.05, 3.63) is 35.9 Å². The van der Waals surface area contributed by atoms with Crippen molar-refractivity contribution in [2.24, 2.45) is 0 Å². The Kier molecular flexibility index (Phi) is 3.40. The molecule has 4 nitrogen and oxygen atoms in total. The first kappa shape index (κ1) is 11.6. The monoisotopic (exact) mass is 230 g/mol. The van der Waals surface area contributed by atoms with E-state index in [4.69, 9.17) is 5.26 Å². The summed E-state index contributed by atoms with van der Waals surface area (Å²) >= 11 is 0. The molecule has 1 aliphatic heterocycles. The average molecular weight is 230 g/mol. The minimum absolute atomic E-state index is 0.375. The summed E-state index contributed by atoms with van der Waals surface area (Å²) in [4.78, 5) is 13.5. The fourth-order valence-electron chi connectivity index (χ4n) is 2.10. The van der Waals surface area contributed by atoms with Crippen LogP contribution >= 0.6 is 0 Å². The highest BCUT2D eigenvalue weighted by Crippen LogP contribution is 2.22. The van der Waals surface area contributed by atoms with Gasteiger partial charge >= 0.3 is 0 Å². The van der Waals surface area contributed by atoms with E-state index in [1.165, 1.54) is 4.90 Å². The lowest BCUT2D eigenvalue weighted by Crippen LogP contribution is -2.38. The van der Waals surface area contributed by atoms with Crippen molar-refractivity contribution in [2.45, 2.75) is 25.0 Å². The van der Waals surface area contributed by atoms with Crippen LogP contribution in [0.3, 0.4) is 0 Å². The van der Waals surface area contributed by atoms with Gasteiger partial charge in [0.25, 0.3) is 5.91 Å². The molecule has 0 saturated carbocycles. The molecule has 1 aliphatic rings. The van der Waals surface area contributed by atoms with Gasteiger partial charge in [-0.1, -0.05) is 30.3 Å². The summed E-state index contributed by atoms with van der Waals surface area (Å²) in [7, 11) is 0. The van der Waals surface area contributed by atoms with E-state index in [0.29, 0.717) is 18.5 Å². The number of amides is 1. The predicted molar refractivity (Wildman–Crippen MR) is 61.7 cm³/mol. The number of aliphatic hydroxyl groups excluding tert-OH is 1. The Balaban J connectivity index is 2.13. The number of carbonyl (C=O) groups is 1. The van der Waals surface area contributed by atoms with Crippen LogP contribution in [0.1, 0.15) is 24.5 Å². The van der Waals surface area contributed by atoms with Crippen LogP contribution < -0.4 is 0 Å². The molecule has 17 heavy (non-hydrogen) atoms. The third-order valence-corrected chi connectivity index (χ3v) is 3.03. The normalized spacial score (nSPS) is 20.9. The maximum Gasteiger partial charge on any atom is 0.257 e. The molecule has 0 radical (unpaired) electrons. The predicted octanol–water partition coefficient (Wildman–Crippen LogP) is 1.23. The van der Waals surface area contributed by atoms with Gasteiger partial charge in [-0.05, 0) is 18.4 Å². The Morgan fingerprint density at radius 1 is 1.47 bits per heavy atom. The maximum atomic E-state index is 12.0. The first-order valence-corrected chi connectivity index (χ1v) is 5.67. The highest BCUT2D eigenvalue weighted by molar-refractivity contribution is 5.82. The van der Waals surface area contributed by atoms with Crippen molar-refractivity contribution in [1.29, 1.82) is 5.26 Å². The second-order valence-corrected chi connectivity index (χ2v) is 4.13. The van der Waals surface area contributed by atoms with E-state index in [9.17, 15) is 9.90 Å². The number of hydrogen-bond donors (Lipinski definition) is 1. The van der Waals surface area contributed by atoms with Gasteiger partial charge in [-0.3, -0.25) is 4.79 Å². The molecule has 1 N–H and O–H groups in total. The lowest BCUT2D eigenvalue weighted by molar-refractivity contribution is -0.140. The summed E-state index contributed by atoms with van der Waals surface area (Å²) in [6.07, 6.45) is 0.361. The van der Waals surface area contributed by atoms with Crippen molar-refractivity contribution in [3.8, 4) is 6.07 Å². The molecule has 1 fully saturated rings. The Bertz CT molecular complexity index is 438. The Labute approximate surface area is 100 Å². The van der Waals surface area contributed by atoms with E-state index in [0.717, 1.165) is 6.42 Å². The molecule has 1 heterocycles. The average Bonchev–Trinajstić information content (AvgIpc) is 2.86. The number of rotatable bonds is 2. The summed E-state index contributed by atoms with van der Waals surface area (Å²) in [6, 6.07) is 10.5. The van der Waals surface area contributed by atoms with E-state index in [1.807, 2.05) is 6.07 Å². The highest BCUT2D eigenvalue weighted by atomic mass is 16.3. The van der Waals surface area contributed by atoms with Crippen molar-refractivity contribution >= 4 is 5.91 Å². The van der Waals surface area contributed by atoms with Gasteiger partial charge in [0.2, 0.25) is 0 Å². The van der Waals surface area contributed by atoms with Crippen LogP contribution in [0.4, 0.5) is 0 Å². The molecule has 2 unspecified atom stereocenters. The molecule has 88 valence electrons. The van der Waals surface area contributed by atoms with Gasteiger partial charge in [0.05, 0.1) is 6.07 Å². The number of carbonyl (C=O) groups excluding carboxylic acids is 1. The summed E-state index contributed by atoms with van der Waals surface area (Å²) < 4.78 is 0. The summed E-state index contributed by atoms with van der Waals surface area (Å²) in [6.45, 7) is 0.557. The van der Waals surface area contributed by atoms with Crippen LogP contribution in [-0.4, -0.2) is 28.5 Å². The van der Waals surface area contributed by atoms with E-state index in [2.05, 4.69) is 6.07 Å². The molecule has 0 aromatic heterocycles. The quantitative estimate of drug-likeness (QED) is 0.831. The van der Waals surface area contributed by atoms with E-state index < -0.39 is 6.10 Å². The molecule has 2 rings (SSSR count). The van der Waals surface area contributed by atoms with Crippen molar-refractivity contribution in [1.82, 2.24) is 4.90 Å². The standard InChI is InChI=1S/C13H14N2O2/c14-9-11-7-4-8-15(11)13(17)12(16)10-5-2-1-3-6-10/h1-3,5-6,11-12,16H,4,7-8H2. The molecule has 2 atom stereocenters. The zero-order chi connectivity index (χ0) is 12.3. The second-order valence-electron chi connectivity index (χ2n) is 4.13. The molecule has 1 amide bonds. The molecule has 0 aliphatic carbocycles. The smallest absolute Gasteiger partial charge is 0.257 e. The minimum Gasteiger partial charge on any atom is -0.378 e. The van der Waals surface area contributed by atoms with Crippen molar-refractivity contribution in [3.63, 3.8) is 0 Å². The largest absolute Gasteiger partial charge is 0.378 e. The Hall–Kier alpha value is -1.86. The van der Waals surface area contributed by atoms with Gasteiger partial charge in [-0.25, -0.2) is 0 Å². The van der Waals surface area contributed by atoms with Gasteiger partial charge in [0, 0.05) is 6.54 Å². The third kappa shape index (κ3) is 2.29. The number of benzene rings is 1. The molecule has 4 heteroatoms. The van der Waals surface area contributed by atoms with Crippen LogP contribution in [0.5, 0.6) is 0 Å². The number of hydrogen-bond acceptors (Lipinski definition) is 3. The number of aliphatic hydroxyl groups is 1. The van der Waals surface area contributed by atoms with Crippen molar-refractivity contribution < 1.29 is 9.90 Å². The lowest BCUT2D eigenvalue weighted by Gasteiger charge is -2.22. The molecule has 1 aromatic rings. The van der Waals surface area contributed by atoms with E-state index >= 15 is 0 Å². The molecule has 0 bridgehead atoms. The summed E-state index contributed by atoms with van der Waals surface area (Å²) in [5.74, 6) is -0.375. The number of nitrogens with zero attached hydrogens (tertiary/aromatic N) is 2. The molecular formula is C13H14N2O2. The zero-order valence-corrected chi connectivity index (χ0v) is 9.41. The first-order chi connectivity index (χ1) is 8.24. The van der Waals surface area contributed by atoms with Crippen LogP contribution in [-0.2, 0) is 4.79 Å². The van der Waals surface area contributed by atoms with Gasteiger partial charge in [-0.15, -0.1) is 0 Å². The van der Waals surface area contributed by atoms with Crippen molar-refractivity contribution in [2.75, 3.05) is 6.54 Å². The number of likely N-dealkylation sites (tertiary alicyclic amines) is 1. The van der Waals surface area contributed by atoms with Crippen LogP contribution in [0.2, 0.25) is 0 Å². The van der Waals surface area contributed by atoms with Gasteiger partial charge in [0.15, 0.2) is 6.10 Å². The first-order valence-electron chi connectivity index (χ1n) is 5.67. The van der Waals surface area contributed by atoms with Crippen LogP contribution in [0, 0.1) is 11.3 Å². The Morgan fingerprint density at radius 2 is 2.18 bits per heavy atom. The molecule has 1 aromatic carbocycles. The number of nitriles is 1. The van der Waals surface area contributed by atoms with Gasteiger partial charge in [-0.2, -0.15) is 5.26 Å². The summed E-state index contributed by atoms with van der Waals surface area (Å²) in [5.41, 5.74) is 0.570. The van der Waals surface area contributed by atoms with Crippen LogP contribution in [0.15, 0.2) is 30.3 Å². The fraction of sp³-hybridized carbons (Fsp3) is 0.385. The van der Waals surface area contributed by atoms with Gasteiger partial charge in [0.1, 0.15) is 6.04 Å². The van der Waals surface area contributed by atoms with Crippen LogP contribution in [0.25, 0.3) is 0 Å². The molecule has 1 saturated heterocycles. The Morgan fingerprint density at radius 3 is 2.82 bits per heavy atom. The highest BCUT2D eigenvalue weighted by Gasteiger charge is 2.32. The second kappa shape index (κ2) is 4.98. The topological polar surface area (TPSA) is 64.3 Å². The van der Waals surface area contributed by atoms with E-state index in [-0.39, 0.29) is 11.9 Å². The summed E-state index contributed by atoms with van der Waals surface area (Å²) in [5, 5.41) is 18.9. The minimum atomic E-state index is -1.16. The third-order valence-electron chi connectivity index (χ3n) is 3.03. The molecular weight excluding hydrogens is 216 g/mol. The zero-order valence-electron chi connectivity index (χ0n) is 9.41. The SMILES string of the molecule is N#CC1CCCN1C(=O)C(O)c1ccccc1. The fourth-order valence-corrected chi connectivity index (χ4v) is 2.10. The lowest BCUT2D eigenvalue weighted by atomic mass is 10.1. The molecule has 0 spiro atoms.